The number of ether oxygens (including phenoxy) is 1. The van der Waals surface area contributed by atoms with Gasteiger partial charge in [0.2, 0.25) is 0 Å². The molecular weight excluding hydrogens is 793 g/mol. The van der Waals surface area contributed by atoms with E-state index in [1.54, 1.807) is 0 Å². The van der Waals surface area contributed by atoms with Crippen molar-refractivity contribution in [1.82, 2.24) is 4.40 Å². The number of hydrogen-bond donors (Lipinski definition) is 0. The van der Waals surface area contributed by atoms with E-state index in [2.05, 4.69) is 172 Å². The molecule has 4 heteroatoms. The van der Waals surface area contributed by atoms with Gasteiger partial charge in [0.05, 0.1) is 39.0 Å². The maximum Gasteiger partial charge on any atom is 0.145 e. The number of hydrogen-bond acceptors (Lipinski definition) is 3. The summed E-state index contributed by atoms with van der Waals surface area (Å²) in [4.78, 5) is 0. The normalized spacial score (nSPS) is 21.2. The fourth-order valence-electron chi connectivity index (χ4n) is 14.7. The van der Waals surface area contributed by atoms with E-state index in [4.69, 9.17) is 9.15 Å². The third-order valence-corrected chi connectivity index (χ3v) is 17.8. The molecule has 5 aliphatic carbocycles. The second kappa shape index (κ2) is 10.9. The first-order valence-electron chi connectivity index (χ1n) is 23.4. The molecule has 308 valence electrons. The summed E-state index contributed by atoms with van der Waals surface area (Å²) in [6.45, 7) is 9.55. The van der Waals surface area contributed by atoms with Gasteiger partial charge in [-0.3, -0.25) is 0 Å². The van der Waals surface area contributed by atoms with Crippen molar-refractivity contribution in [2.45, 2.75) is 75.0 Å². The molecule has 4 nitrogen and oxygen atoms in total. The maximum absolute atomic E-state index is 11.1. The van der Waals surface area contributed by atoms with Gasteiger partial charge in [-0.05, 0) is 135 Å². The molecule has 0 saturated heterocycles. The molecule has 17 rings (SSSR count). The summed E-state index contributed by atoms with van der Waals surface area (Å²) in [5, 5.41) is 18.3. The summed E-state index contributed by atoms with van der Waals surface area (Å²) in [6.07, 6.45) is 4.89. The number of fused-ring (bicyclic) bond motifs is 26. The summed E-state index contributed by atoms with van der Waals surface area (Å²) < 4.78 is 16.6. The zero-order chi connectivity index (χ0) is 43.1. The van der Waals surface area contributed by atoms with Crippen LogP contribution < -0.4 is 4.74 Å². The van der Waals surface area contributed by atoms with E-state index in [0.29, 0.717) is 0 Å². The van der Waals surface area contributed by atoms with Crippen molar-refractivity contribution in [1.29, 1.82) is 5.26 Å². The highest BCUT2D eigenvalue weighted by Gasteiger charge is 2.52. The summed E-state index contributed by atoms with van der Waals surface area (Å²) in [5.74, 6) is 1.78. The first kappa shape index (κ1) is 35.1. The quantitative estimate of drug-likeness (QED) is 0.153. The second-order valence-electron chi connectivity index (χ2n) is 21.1. The first-order valence-corrected chi connectivity index (χ1v) is 23.4. The van der Waals surface area contributed by atoms with E-state index in [-0.39, 0.29) is 16.2 Å². The Morgan fingerprint density at radius 2 is 1.14 bits per heavy atom. The number of nitriles is 1. The molecule has 2 bridgehead atoms. The molecule has 0 atom stereocenters. The van der Waals surface area contributed by atoms with Gasteiger partial charge in [0.15, 0.2) is 0 Å². The van der Waals surface area contributed by atoms with Crippen LogP contribution in [-0.2, 0) is 21.7 Å². The highest BCUT2D eigenvalue weighted by Crippen LogP contribution is 2.65. The molecule has 0 radical (unpaired) electrons. The maximum atomic E-state index is 11.1. The van der Waals surface area contributed by atoms with Crippen LogP contribution in [0.5, 0.6) is 11.5 Å². The zero-order valence-electron chi connectivity index (χ0n) is 36.7. The fraction of sp³-hybridized carbons (Fsp3) is 0.197. The number of aromatic nitrogens is 1. The van der Waals surface area contributed by atoms with E-state index < -0.39 is 5.41 Å². The molecule has 1 aliphatic heterocycles. The monoisotopic (exact) mass is 834 g/mol. The minimum atomic E-state index is -0.592. The standard InChI is InChI=1S/C61H42N2O2/c1-58(2)38-15-7-5-13-33(38)52-53-46(27-32(31-62)55(52)58)63-45-22-21-42-50(34-14-6-8-16-39(34)61(42)40-17-9-11-19-47(40)64-48-20-12-10-18-41(48)61)51(45)37-28-36-35-29-43-44(60(4)25-23-59(43,3)24-26-60)30-49(35)65-57(36)54(53)56(37)63/h5-22,27-30H,23-26H2,1-4H3. The van der Waals surface area contributed by atoms with E-state index in [1.165, 1.54) is 97.3 Å². The van der Waals surface area contributed by atoms with Gasteiger partial charge in [0.1, 0.15) is 22.7 Å². The minimum Gasteiger partial charge on any atom is -0.457 e. The molecular formula is C61H42N2O2. The van der Waals surface area contributed by atoms with Gasteiger partial charge in [-0.1, -0.05) is 119 Å². The Hall–Kier alpha value is -7.35. The molecule has 0 amide bonds. The molecule has 1 saturated carbocycles. The Morgan fingerprint density at radius 3 is 1.83 bits per heavy atom. The molecule has 6 aliphatic rings. The van der Waals surface area contributed by atoms with Crippen molar-refractivity contribution in [2.75, 3.05) is 0 Å². The number of nitrogens with zero attached hydrogens (tertiary/aromatic N) is 2. The largest absolute Gasteiger partial charge is 0.457 e. The van der Waals surface area contributed by atoms with Crippen LogP contribution in [0.1, 0.15) is 103 Å². The lowest BCUT2D eigenvalue weighted by Crippen LogP contribution is -2.44. The Balaban J connectivity index is 1.15. The van der Waals surface area contributed by atoms with Gasteiger partial charge in [0.25, 0.3) is 0 Å². The summed E-state index contributed by atoms with van der Waals surface area (Å²) in [5.41, 5.74) is 20.5. The molecule has 3 aromatic heterocycles. The van der Waals surface area contributed by atoms with E-state index in [9.17, 15) is 5.26 Å². The highest BCUT2D eigenvalue weighted by molar-refractivity contribution is 6.36. The fourth-order valence-corrected chi connectivity index (χ4v) is 14.7. The lowest BCUT2D eigenvalue weighted by atomic mass is 9.52. The molecule has 8 aromatic carbocycles. The van der Waals surface area contributed by atoms with Crippen molar-refractivity contribution in [3.63, 3.8) is 0 Å². The third kappa shape index (κ3) is 3.71. The van der Waals surface area contributed by atoms with Crippen LogP contribution >= 0.6 is 0 Å². The van der Waals surface area contributed by atoms with Crippen LogP contribution in [0.4, 0.5) is 0 Å². The molecule has 0 unspecified atom stereocenters. The lowest BCUT2D eigenvalue weighted by Gasteiger charge is -2.52. The van der Waals surface area contributed by atoms with Crippen LogP contribution in [-0.4, -0.2) is 4.40 Å². The van der Waals surface area contributed by atoms with Crippen LogP contribution in [0, 0.1) is 11.3 Å². The van der Waals surface area contributed by atoms with Gasteiger partial charge in [-0.25, -0.2) is 0 Å². The second-order valence-corrected chi connectivity index (χ2v) is 21.1. The predicted molar refractivity (Wildman–Crippen MR) is 261 cm³/mol. The molecule has 11 aromatic rings. The van der Waals surface area contributed by atoms with Crippen molar-refractivity contribution < 1.29 is 9.15 Å². The van der Waals surface area contributed by atoms with Crippen LogP contribution in [0.25, 0.3) is 82.3 Å². The smallest absolute Gasteiger partial charge is 0.145 e. The van der Waals surface area contributed by atoms with E-state index >= 15 is 0 Å². The van der Waals surface area contributed by atoms with Crippen molar-refractivity contribution >= 4 is 60.0 Å². The Bertz CT molecular complexity index is 4080. The zero-order valence-corrected chi connectivity index (χ0v) is 36.7. The molecule has 65 heavy (non-hydrogen) atoms. The van der Waals surface area contributed by atoms with E-state index in [1.807, 2.05) is 0 Å². The van der Waals surface area contributed by atoms with Crippen molar-refractivity contribution in [3.05, 3.63) is 184 Å². The van der Waals surface area contributed by atoms with Gasteiger partial charge < -0.3 is 13.6 Å². The minimum absolute atomic E-state index is 0.160. The number of furan rings is 1. The van der Waals surface area contributed by atoms with Crippen molar-refractivity contribution in [2.24, 2.45) is 0 Å². The van der Waals surface area contributed by atoms with Crippen LogP contribution in [0.2, 0.25) is 0 Å². The topological polar surface area (TPSA) is 50.6 Å². The number of rotatable bonds is 0. The van der Waals surface area contributed by atoms with Crippen LogP contribution in [0.3, 0.4) is 0 Å². The first-order chi connectivity index (χ1) is 31.7. The predicted octanol–water partition coefficient (Wildman–Crippen LogP) is 15.5. The van der Waals surface area contributed by atoms with Gasteiger partial charge in [0, 0.05) is 43.5 Å². The van der Waals surface area contributed by atoms with Crippen molar-refractivity contribution in [3.8, 4) is 39.8 Å². The Labute approximate surface area is 375 Å². The van der Waals surface area contributed by atoms with Gasteiger partial charge >= 0.3 is 0 Å². The number of benzene rings is 8. The average molecular weight is 835 g/mol. The third-order valence-electron chi connectivity index (χ3n) is 17.8. The molecule has 1 fully saturated rings. The van der Waals surface area contributed by atoms with Gasteiger partial charge in [-0.15, -0.1) is 0 Å². The summed E-state index contributed by atoms with van der Waals surface area (Å²) >= 11 is 0. The average Bonchev–Trinajstić information content (AvgIpc) is 4.10. The highest BCUT2D eigenvalue weighted by atomic mass is 16.5. The summed E-state index contributed by atoms with van der Waals surface area (Å²) in [7, 11) is 0. The Kier molecular flexibility index (Phi) is 5.90. The SMILES string of the molecule is CC12CCC(C)(CC1)c1cc3c(cc12)oc1c3cc2c3c4c(ccc3n3c5cc(C#N)c6c(c5c1c23)-c1ccccc1C6(C)C)C1(c2ccccc2Oc2ccccc21)c1ccccc1-4. The van der Waals surface area contributed by atoms with Gasteiger partial charge in [-0.2, -0.15) is 5.26 Å². The molecule has 0 N–H and O–H groups in total. The van der Waals surface area contributed by atoms with E-state index in [0.717, 1.165) is 72.2 Å². The number of para-hydroxylation sites is 2. The van der Waals surface area contributed by atoms with Crippen LogP contribution in [0.15, 0.2) is 138 Å². The molecule has 1 spiro atoms. The Morgan fingerprint density at radius 1 is 0.523 bits per heavy atom. The lowest BCUT2D eigenvalue weighted by molar-refractivity contribution is 0.188. The molecule has 4 heterocycles. The summed E-state index contributed by atoms with van der Waals surface area (Å²) in [6, 6.07) is 52.3.